The molecule has 7 heteroatoms. The zero-order valence-electron chi connectivity index (χ0n) is 16.5. The molecular formula is C23H20N4O2S. The summed E-state index contributed by atoms with van der Waals surface area (Å²) < 4.78 is 1.67. The first-order valence-electron chi connectivity index (χ1n) is 9.40. The van der Waals surface area contributed by atoms with Gasteiger partial charge >= 0.3 is 0 Å². The van der Waals surface area contributed by atoms with Crippen molar-refractivity contribution in [3.8, 4) is 16.9 Å². The summed E-state index contributed by atoms with van der Waals surface area (Å²) in [4.78, 5) is 25.7. The fraction of sp³-hybridized carbons (Fsp3) is 0.0870. The average molecular weight is 417 g/mol. The molecule has 0 aliphatic carbocycles. The number of hydrazine groups is 1. The highest BCUT2D eigenvalue weighted by Gasteiger charge is 2.20. The minimum absolute atomic E-state index is 0.359. The Morgan fingerprint density at radius 1 is 0.933 bits per heavy atom. The second kappa shape index (κ2) is 8.34. The van der Waals surface area contributed by atoms with Crippen LogP contribution in [0.25, 0.3) is 16.9 Å². The minimum Gasteiger partial charge on any atom is -0.267 e. The minimum atomic E-state index is -0.433. The third-order valence-corrected chi connectivity index (χ3v) is 5.52. The van der Waals surface area contributed by atoms with Crippen molar-refractivity contribution in [1.29, 1.82) is 0 Å². The fourth-order valence-electron chi connectivity index (χ4n) is 3.18. The van der Waals surface area contributed by atoms with Gasteiger partial charge in [0.25, 0.3) is 11.8 Å². The summed E-state index contributed by atoms with van der Waals surface area (Å²) >= 11 is 1.30. The van der Waals surface area contributed by atoms with Crippen LogP contribution in [-0.2, 0) is 0 Å². The second-order valence-corrected chi connectivity index (χ2v) is 7.82. The van der Waals surface area contributed by atoms with Gasteiger partial charge in [-0.3, -0.25) is 20.4 Å². The average Bonchev–Trinajstić information content (AvgIpc) is 3.43. The Balaban J connectivity index is 1.69. The van der Waals surface area contributed by atoms with E-state index in [0.29, 0.717) is 16.1 Å². The van der Waals surface area contributed by atoms with E-state index in [1.54, 1.807) is 28.4 Å². The van der Waals surface area contributed by atoms with Crippen molar-refractivity contribution >= 4 is 23.2 Å². The molecule has 30 heavy (non-hydrogen) atoms. The van der Waals surface area contributed by atoms with Crippen LogP contribution in [0.5, 0.6) is 0 Å². The van der Waals surface area contributed by atoms with Crippen LogP contribution in [0.2, 0.25) is 0 Å². The smallest absolute Gasteiger partial charge is 0.267 e. The highest BCUT2D eigenvalue weighted by Crippen LogP contribution is 2.27. The molecule has 0 spiro atoms. The SMILES string of the molecule is Cc1ccc(-c2nn(-c3ccccc3)cc2C(=O)NNC(=O)c2cccs2)c(C)c1. The zero-order valence-corrected chi connectivity index (χ0v) is 17.4. The summed E-state index contributed by atoms with van der Waals surface area (Å²) in [6, 6.07) is 19.1. The highest BCUT2D eigenvalue weighted by atomic mass is 32.1. The number of hydrogen-bond donors (Lipinski definition) is 2. The topological polar surface area (TPSA) is 76.0 Å². The highest BCUT2D eigenvalue weighted by molar-refractivity contribution is 7.12. The molecule has 6 nitrogen and oxygen atoms in total. The number of aromatic nitrogens is 2. The summed E-state index contributed by atoms with van der Waals surface area (Å²) in [5.41, 5.74) is 9.76. The van der Waals surface area contributed by atoms with Gasteiger partial charge in [0.05, 0.1) is 16.1 Å². The standard InChI is InChI=1S/C23H20N4O2S/c1-15-10-11-18(16(2)13-15)21-19(14-27(26-21)17-7-4-3-5-8-17)22(28)24-25-23(29)20-9-6-12-30-20/h3-14H,1-2H3,(H,24,28)(H,25,29). The predicted octanol–water partition coefficient (Wildman–Crippen LogP) is 4.29. The molecule has 2 aromatic heterocycles. The first-order valence-corrected chi connectivity index (χ1v) is 10.3. The normalized spacial score (nSPS) is 10.6. The van der Waals surface area contributed by atoms with Crippen molar-refractivity contribution in [3.63, 3.8) is 0 Å². The van der Waals surface area contributed by atoms with Crippen molar-refractivity contribution < 1.29 is 9.59 Å². The number of thiophene rings is 1. The molecule has 0 fully saturated rings. The Bertz CT molecular complexity index is 1200. The molecule has 2 heterocycles. The molecule has 0 saturated carbocycles. The Labute approximate surface area is 178 Å². The molecule has 2 aromatic carbocycles. The van der Waals surface area contributed by atoms with Crippen molar-refractivity contribution in [1.82, 2.24) is 20.6 Å². The third kappa shape index (κ3) is 4.01. The summed E-state index contributed by atoms with van der Waals surface area (Å²) in [6.07, 6.45) is 1.68. The van der Waals surface area contributed by atoms with E-state index in [9.17, 15) is 9.59 Å². The maximum atomic E-state index is 13.0. The summed E-state index contributed by atoms with van der Waals surface area (Å²) in [5, 5.41) is 6.49. The maximum Gasteiger partial charge on any atom is 0.279 e. The Morgan fingerprint density at radius 3 is 2.40 bits per heavy atom. The van der Waals surface area contributed by atoms with Crippen LogP contribution in [0.15, 0.2) is 72.2 Å². The number of carbonyl (C=O) groups excluding carboxylic acids is 2. The van der Waals surface area contributed by atoms with Crippen LogP contribution in [0, 0.1) is 13.8 Å². The Morgan fingerprint density at radius 2 is 1.70 bits per heavy atom. The molecule has 0 aliphatic rings. The molecule has 0 unspecified atom stereocenters. The number of aryl methyl sites for hydroxylation is 2. The first kappa shape index (κ1) is 19.6. The number of nitrogens with one attached hydrogen (secondary N) is 2. The van der Waals surface area contributed by atoms with Crippen molar-refractivity contribution in [2.75, 3.05) is 0 Å². The van der Waals surface area contributed by atoms with Crippen molar-refractivity contribution in [2.24, 2.45) is 0 Å². The monoisotopic (exact) mass is 416 g/mol. The Hall–Kier alpha value is -3.71. The molecule has 4 rings (SSSR count). The number of benzene rings is 2. The molecule has 0 aliphatic heterocycles. The van der Waals surface area contributed by atoms with Gasteiger partial charge < -0.3 is 0 Å². The van der Waals surface area contributed by atoms with Gasteiger partial charge in [-0.15, -0.1) is 11.3 Å². The van der Waals surface area contributed by atoms with E-state index in [4.69, 9.17) is 0 Å². The molecule has 0 bridgehead atoms. The molecule has 0 radical (unpaired) electrons. The van der Waals surface area contributed by atoms with Gasteiger partial charge in [-0.05, 0) is 43.0 Å². The van der Waals surface area contributed by atoms with Crippen LogP contribution in [-0.4, -0.2) is 21.6 Å². The Kier molecular flexibility index (Phi) is 5.45. The van der Waals surface area contributed by atoms with Gasteiger partial charge in [-0.1, -0.05) is 48.0 Å². The van der Waals surface area contributed by atoms with E-state index < -0.39 is 5.91 Å². The number of nitrogens with zero attached hydrogens (tertiary/aromatic N) is 2. The van der Waals surface area contributed by atoms with Crippen molar-refractivity contribution in [3.05, 3.63) is 93.8 Å². The predicted molar refractivity (Wildman–Crippen MR) is 118 cm³/mol. The van der Waals surface area contributed by atoms with Crippen LogP contribution < -0.4 is 10.9 Å². The lowest BCUT2D eigenvalue weighted by Crippen LogP contribution is -2.41. The van der Waals surface area contributed by atoms with Crippen LogP contribution in [0.3, 0.4) is 0 Å². The lowest BCUT2D eigenvalue weighted by molar-refractivity contribution is 0.0849. The lowest BCUT2D eigenvalue weighted by Gasteiger charge is -2.08. The molecule has 0 atom stereocenters. The first-order chi connectivity index (χ1) is 14.5. The zero-order chi connectivity index (χ0) is 21.1. The molecular weight excluding hydrogens is 396 g/mol. The van der Waals surface area contributed by atoms with E-state index in [1.165, 1.54) is 11.3 Å². The number of para-hydroxylation sites is 1. The van der Waals surface area contributed by atoms with E-state index >= 15 is 0 Å². The van der Waals surface area contributed by atoms with Gasteiger partial charge in [0.1, 0.15) is 5.69 Å². The summed E-state index contributed by atoms with van der Waals surface area (Å²) in [5.74, 6) is -0.793. The van der Waals surface area contributed by atoms with Crippen LogP contribution in [0.1, 0.15) is 31.2 Å². The van der Waals surface area contributed by atoms with Gasteiger partial charge in [0.15, 0.2) is 0 Å². The van der Waals surface area contributed by atoms with Crippen molar-refractivity contribution in [2.45, 2.75) is 13.8 Å². The summed E-state index contributed by atoms with van der Waals surface area (Å²) in [6.45, 7) is 4.01. The van der Waals surface area contributed by atoms with E-state index in [0.717, 1.165) is 22.4 Å². The fourth-order valence-corrected chi connectivity index (χ4v) is 3.80. The molecule has 2 N–H and O–H groups in total. The van der Waals surface area contributed by atoms with Gasteiger partial charge in [-0.25, -0.2) is 4.68 Å². The number of amides is 2. The van der Waals surface area contributed by atoms with E-state index in [2.05, 4.69) is 22.0 Å². The van der Waals surface area contributed by atoms with Gasteiger partial charge in [0.2, 0.25) is 0 Å². The van der Waals surface area contributed by atoms with E-state index in [1.807, 2.05) is 56.3 Å². The molecule has 4 aromatic rings. The molecule has 0 saturated heterocycles. The van der Waals surface area contributed by atoms with Crippen LogP contribution in [0.4, 0.5) is 0 Å². The maximum absolute atomic E-state index is 13.0. The lowest BCUT2D eigenvalue weighted by atomic mass is 10.0. The van der Waals surface area contributed by atoms with Crippen LogP contribution >= 0.6 is 11.3 Å². The van der Waals surface area contributed by atoms with E-state index in [-0.39, 0.29) is 5.91 Å². The quantitative estimate of drug-likeness (QED) is 0.487. The molecule has 2 amide bonds. The third-order valence-electron chi connectivity index (χ3n) is 4.65. The second-order valence-electron chi connectivity index (χ2n) is 6.88. The number of carbonyl (C=O) groups is 2. The largest absolute Gasteiger partial charge is 0.279 e. The van der Waals surface area contributed by atoms with Gasteiger partial charge in [0, 0.05) is 11.8 Å². The number of rotatable bonds is 4. The molecule has 150 valence electrons. The number of hydrogen-bond acceptors (Lipinski definition) is 4. The van der Waals surface area contributed by atoms with Gasteiger partial charge in [-0.2, -0.15) is 5.10 Å². The summed E-state index contributed by atoms with van der Waals surface area (Å²) in [7, 11) is 0.